The molecule has 0 radical (unpaired) electrons. The highest BCUT2D eigenvalue weighted by atomic mass is 35.5. The number of fused-ring (bicyclic) bond motifs is 1. The number of aromatic nitrogens is 2. The van der Waals surface area contributed by atoms with Crippen LogP contribution in [0.4, 0.5) is 0 Å². The van der Waals surface area contributed by atoms with Crippen LogP contribution in [0.3, 0.4) is 0 Å². The summed E-state index contributed by atoms with van der Waals surface area (Å²) in [6.45, 7) is 0. The molecule has 0 bridgehead atoms. The van der Waals surface area contributed by atoms with Crippen molar-refractivity contribution in [2.75, 3.05) is 5.75 Å². The number of hydrogen-bond donors (Lipinski definition) is 1. The third-order valence-corrected chi connectivity index (χ3v) is 6.53. The number of nitrogens with zero attached hydrogens (tertiary/aromatic N) is 3. The minimum atomic E-state index is -0.125. The maximum absolute atomic E-state index is 12.0. The summed E-state index contributed by atoms with van der Waals surface area (Å²) in [4.78, 5) is 16.6. The lowest BCUT2D eigenvalue weighted by molar-refractivity contribution is -0.120. The zero-order chi connectivity index (χ0) is 20.1. The number of amides is 1. The van der Waals surface area contributed by atoms with Gasteiger partial charge in [0.2, 0.25) is 5.91 Å². The Bertz CT molecular complexity index is 1120. The van der Waals surface area contributed by atoms with Crippen LogP contribution in [-0.2, 0) is 4.79 Å². The topological polar surface area (TPSA) is 59.3 Å². The number of nitrogens with one attached hydrogen (secondary N) is 1. The number of halogens is 1. The fraction of sp³-hybridized carbons (Fsp3) is 0.0952. The Kier molecular flexibility index (Phi) is 6.29. The van der Waals surface area contributed by atoms with Gasteiger partial charge in [-0.2, -0.15) is 5.10 Å². The summed E-state index contributed by atoms with van der Waals surface area (Å²) >= 11 is 9.18. The van der Waals surface area contributed by atoms with Crippen LogP contribution in [0.15, 0.2) is 76.3 Å². The summed E-state index contributed by atoms with van der Waals surface area (Å²) in [6, 6.07) is 19.4. The van der Waals surface area contributed by atoms with E-state index < -0.39 is 0 Å². The molecule has 1 N–H and O–H groups in total. The minimum Gasteiger partial charge on any atom is -0.316 e. The average Bonchev–Trinajstić information content (AvgIpc) is 3.35. The second kappa shape index (κ2) is 9.26. The molecular weight excluding hydrogens is 424 g/mol. The monoisotopic (exact) mass is 440 g/mol. The fourth-order valence-corrected chi connectivity index (χ4v) is 4.91. The van der Waals surface area contributed by atoms with Gasteiger partial charge in [-0.3, -0.25) is 4.79 Å². The van der Waals surface area contributed by atoms with Gasteiger partial charge in [-0.15, -0.1) is 11.3 Å². The van der Waals surface area contributed by atoms with Crippen molar-refractivity contribution in [3.63, 3.8) is 0 Å². The molecule has 0 spiro atoms. The van der Waals surface area contributed by atoms with Crippen LogP contribution in [0.25, 0.3) is 15.9 Å². The van der Waals surface area contributed by atoms with E-state index in [0.717, 1.165) is 25.9 Å². The lowest BCUT2D eigenvalue weighted by Crippen LogP contribution is -2.18. The Morgan fingerprint density at radius 3 is 2.83 bits per heavy atom. The fourth-order valence-electron chi connectivity index (χ4n) is 2.71. The number of benzene rings is 2. The Labute approximate surface area is 181 Å². The van der Waals surface area contributed by atoms with Crippen molar-refractivity contribution in [3.8, 4) is 5.69 Å². The molecule has 1 amide bonds. The number of hydrogen-bond acceptors (Lipinski definition) is 5. The predicted octanol–water partition coefficient (Wildman–Crippen LogP) is 5.37. The van der Waals surface area contributed by atoms with Gasteiger partial charge in [0.15, 0.2) is 4.34 Å². The zero-order valence-corrected chi connectivity index (χ0v) is 17.7. The zero-order valence-electron chi connectivity index (χ0n) is 15.3. The summed E-state index contributed by atoms with van der Waals surface area (Å²) in [5.74, 6) is 0.530. The van der Waals surface area contributed by atoms with E-state index in [1.165, 1.54) is 0 Å². The number of carbonyl (C=O) groups is 1. The molecule has 5 nitrogen and oxygen atoms in total. The van der Waals surface area contributed by atoms with Gasteiger partial charge in [-0.05, 0) is 48.5 Å². The highest BCUT2D eigenvalue weighted by Crippen LogP contribution is 2.29. The molecule has 8 heteroatoms. The first kappa shape index (κ1) is 19.7. The first-order valence-electron chi connectivity index (χ1n) is 8.92. The Hall–Kier alpha value is -2.61. The van der Waals surface area contributed by atoms with E-state index >= 15 is 0 Å². The number of thiazole rings is 1. The summed E-state index contributed by atoms with van der Waals surface area (Å²) in [5.41, 5.74) is 5.41. The van der Waals surface area contributed by atoms with Gasteiger partial charge in [-0.1, -0.05) is 35.5 Å². The van der Waals surface area contributed by atoms with Gasteiger partial charge in [0.05, 0.1) is 22.1 Å². The molecule has 0 unspecified atom stereocenters. The number of rotatable bonds is 7. The molecule has 0 atom stereocenters. The third kappa shape index (κ3) is 5.06. The first-order chi connectivity index (χ1) is 14.2. The second-order valence-electron chi connectivity index (χ2n) is 6.12. The highest BCUT2D eigenvalue weighted by molar-refractivity contribution is 8.01. The molecule has 4 aromatic rings. The smallest absolute Gasteiger partial charge is 0.240 e. The maximum atomic E-state index is 12.0. The molecule has 0 aliphatic heterocycles. The van der Waals surface area contributed by atoms with Crippen LogP contribution in [0.1, 0.15) is 12.1 Å². The molecule has 0 fully saturated rings. The molecule has 0 saturated carbocycles. The predicted molar refractivity (Wildman–Crippen MR) is 121 cm³/mol. The van der Waals surface area contributed by atoms with E-state index in [0.29, 0.717) is 17.2 Å². The Morgan fingerprint density at radius 2 is 2.00 bits per heavy atom. The summed E-state index contributed by atoms with van der Waals surface area (Å²) in [6.07, 6.45) is 3.93. The molecule has 2 aromatic heterocycles. The van der Waals surface area contributed by atoms with Crippen molar-refractivity contribution in [3.05, 3.63) is 77.6 Å². The van der Waals surface area contributed by atoms with Gasteiger partial charge in [0, 0.05) is 29.1 Å². The van der Waals surface area contributed by atoms with Crippen LogP contribution in [0, 0.1) is 0 Å². The number of thioether (sulfide) groups is 1. The van der Waals surface area contributed by atoms with Gasteiger partial charge in [-0.25, -0.2) is 10.4 Å². The van der Waals surface area contributed by atoms with Crippen molar-refractivity contribution in [1.29, 1.82) is 0 Å². The largest absolute Gasteiger partial charge is 0.316 e. The van der Waals surface area contributed by atoms with Crippen molar-refractivity contribution >= 4 is 57.0 Å². The SMILES string of the molecule is O=C(CCSc1nc2ccccc2s1)NN=Cc1cccn1-c1ccc(Cl)cc1. The summed E-state index contributed by atoms with van der Waals surface area (Å²) < 4.78 is 4.10. The summed E-state index contributed by atoms with van der Waals surface area (Å²) in [5, 5.41) is 4.77. The molecule has 2 heterocycles. The van der Waals surface area contributed by atoms with Crippen molar-refractivity contribution < 1.29 is 4.79 Å². The second-order valence-corrected chi connectivity index (χ2v) is 8.93. The van der Waals surface area contributed by atoms with Crippen LogP contribution in [0.2, 0.25) is 5.02 Å². The van der Waals surface area contributed by atoms with E-state index in [-0.39, 0.29) is 5.91 Å². The number of para-hydroxylation sites is 1. The van der Waals surface area contributed by atoms with Crippen molar-refractivity contribution in [1.82, 2.24) is 15.0 Å². The number of hydrazone groups is 1. The van der Waals surface area contributed by atoms with Gasteiger partial charge < -0.3 is 4.57 Å². The quantitative estimate of drug-likeness (QED) is 0.238. The van der Waals surface area contributed by atoms with E-state index in [4.69, 9.17) is 11.6 Å². The molecule has 29 heavy (non-hydrogen) atoms. The van der Waals surface area contributed by atoms with Crippen molar-refractivity contribution in [2.24, 2.45) is 5.10 Å². The van der Waals surface area contributed by atoms with Crippen LogP contribution in [-0.4, -0.2) is 27.4 Å². The van der Waals surface area contributed by atoms with Crippen LogP contribution in [0.5, 0.6) is 0 Å². The minimum absolute atomic E-state index is 0.125. The molecule has 0 aliphatic carbocycles. The van der Waals surface area contributed by atoms with Crippen LogP contribution >= 0.6 is 34.7 Å². The normalized spacial score (nSPS) is 11.3. The van der Waals surface area contributed by atoms with E-state index in [9.17, 15) is 4.79 Å². The van der Waals surface area contributed by atoms with Gasteiger partial charge >= 0.3 is 0 Å². The Balaban J connectivity index is 1.28. The Morgan fingerprint density at radius 1 is 1.17 bits per heavy atom. The molecule has 146 valence electrons. The first-order valence-corrected chi connectivity index (χ1v) is 11.1. The van der Waals surface area contributed by atoms with E-state index in [2.05, 4.69) is 21.6 Å². The van der Waals surface area contributed by atoms with E-state index in [1.807, 2.05) is 65.4 Å². The molecule has 2 aromatic carbocycles. The van der Waals surface area contributed by atoms with Gasteiger partial charge in [0.1, 0.15) is 0 Å². The van der Waals surface area contributed by atoms with Crippen LogP contribution < -0.4 is 5.43 Å². The highest BCUT2D eigenvalue weighted by Gasteiger charge is 2.06. The molecule has 4 rings (SSSR count). The van der Waals surface area contributed by atoms with Crippen molar-refractivity contribution in [2.45, 2.75) is 10.8 Å². The third-order valence-electron chi connectivity index (χ3n) is 4.10. The maximum Gasteiger partial charge on any atom is 0.240 e. The number of carbonyl (C=O) groups excluding carboxylic acids is 1. The van der Waals surface area contributed by atoms with Gasteiger partial charge in [0.25, 0.3) is 0 Å². The standard InChI is InChI=1S/C21H17ClN4OS2/c22-15-7-9-16(10-8-15)26-12-3-4-17(26)14-23-25-20(27)11-13-28-21-24-18-5-1-2-6-19(18)29-21/h1-10,12,14H,11,13H2,(H,25,27). The molecule has 0 saturated heterocycles. The lowest BCUT2D eigenvalue weighted by atomic mass is 10.3. The lowest BCUT2D eigenvalue weighted by Gasteiger charge is -2.06. The average molecular weight is 441 g/mol. The molecule has 0 aliphatic rings. The summed E-state index contributed by atoms with van der Waals surface area (Å²) in [7, 11) is 0. The van der Waals surface area contributed by atoms with E-state index in [1.54, 1.807) is 29.3 Å². The molecular formula is C21H17ClN4OS2.